The van der Waals surface area contributed by atoms with Crippen LogP contribution >= 0.6 is 11.8 Å². The first-order valence-corrected chi connectivity index (χ1v) is 31.4. The molecule has 0 amide bonds. The van der Waals surface area contributed by atoms with Crippen LogP contribution in [-0.4, -0.2) is 30.4 Å². The normalized spacial score (nSPS) is 18.6. The molecule has 6 aromatic carbocycles. The first kappa shape index (κ1) is 30.2. The number of hydrogen-bond donors (Lipinski definition) is 0. The lowest BCUT2D eigenvalue weighted by Crippen LogP contribution is -2.70. The van der Waals surface area contributed by atoms with Crippen molar-refractivity contribution in [2.45, 2.75) is 62.2 Å². The summed E-state index contributed by atoms with van der Waals surface area (Å²) in [5.74, 6) is 0. The molecule has 0 fully saturated rings. The molecular weight excluding hydrogens is 639 g/mol. The average Bonchev–Trinajstić information content (AvgIpc) is 3.04. The Bertz CT molecular complexity index is 2070. The molecule has 4 bridgehead atoms. The quantitative estimate of drug-likeness (QED) is 0.126. The fourth-order valence-corrected chi connectivity index (χ4v) is 30.2. The summed E-state index contributed by atoms with van der Waals surface area (Å²) < 4.78 is 0. The molecule has 0 atom stereocenters. The number of rotatable bonds is 1. The van der Waals surface area contributed by atoms with E-state index in [1.54, 1.807) is 20.7 Å². The summed E-state index contributed by atoms with van der Waals surface area (Å²) in [4.78, 5) is 5.57. The monoisotopic (exact) mass is 681 g/mol. The minimum atomic E-state index is -2.03. The molecule has 0 saturated carbocycles. The second kappa shape index (κ2) is 10.2. The van der Waals surface area contributed by atoms with E-state index in [2.05, 4.69) is 184 Å². The molecule has 2 aliphatic heterocycles. The molecule has 230 valence electrons. The highest BCUT2D eigenvalue weighted by molar-refractivity contribution is 8.00. The fraction of sp³-hybridized carbons (Fsp3) is 0.200. The van der Waals surface area contributed by atoms with Crippen molar-refractivity contribution in [1.29, 1.82) is 0 Å². The van der Waals surface area contributed by atoms with Crippen LogP contribution in [0.2, 0.25) is 52.4 Å². The predicted octanol–water partition coefficient (Wildman–Crippen LogP) is 9.46. The molecule has 2 aliphatic rings. The van der Waals surface area contributed by atoms with Gasteiger partial charge in [-0.15, -0.1) is 0 Å². The van der Waals surface area contributed by atoms with Crippen LogP contribution in [0.25, 0.3) is 21.5 Å². The number of para-hydroxylation sites is 1. The van der Waals surface area contributed by atoms with Crippen molar-refractivity contribution in [1.82, 2.24) is 0 Å². The molecule has 46 heavy (non-hydrogen) atoms. The van der Waals surface area contributed by atoms with Crippen molar-refractivity contribution in [3.05, 3.63) is 115 Å². The van der Waals surface area contributed by atoms with Gasteiger partial charge in [0, 0.05) is 15.5 Å². The Morgan fingerprint density at radius 2 is 0.826 bits per heavy atom. The van der Waals surface area contributed by atoms with Crippen LogP contribution in [0.4, 0.5) is 17.1 Å². The van der Waals surface area contributed by atoms with Crippen molar-refractivity contribution >= 4 is 101 Å². The maximum atomic E-state index is 2.68. The van der Waals surface area contributed by atoms with Crippen LogP contribution in [0.3, 0.4) is 0 Å². The SMILES string of the molecule is C[Si]1(C)c2cccc3c2Sc2c(cccc2[Si](C)(C)[Si](C)(C)c2cccc4cc5cccc(c5cc24)[Si]1(C)C)N3c1ccccc1. The Balaban J connectivity index is 1.56. The van der Waals surface area contributed by atoms with Crippen LogP contribution in [0, 0.1) is 0 Å². The lowest BCUT2D eigenvalue weighted by molar-refractivity contribution is 1.18. The Morgan fingerprint density at radius 3 is 1.30 bits per heavy atom. The molecule has 0 unspecified atom stereocenters. The summed E-state index contributed by atoms with van der Waals surface area (Å²) in [6, 6.07) is 45.1. The Labute approximate surface area is 282 Å². The van der Waals surface area contributed by atoms with Crippen molar-refractivity contribution in [2.75, 3.05) is 4.90 Å². The zero-order chi connectivity index (χ0) is 32.2. The highest BCUT2D eigenvalue weighted by Gasteiger charge is 2.49. The topological polar surface area (TPSA) is 3.24 Å². The van der Waals surface area contributed by atoms with E-state index >= 15 is 0 Å². The summed E-state index contributed by atoms with van der Waals surface area (Å²) >= 11 is 2.10. The van der Waals surface area contributed by atoms with E-state index in [1.165, 1.54) is 48.4 Å². The minimum absolute atomic E-state index is 1.25. The van der Waals surface area contributed by atoms with Gasteiger partial charge in [-0.1, -0.05) is 153 Å². The van der Waals surface area contributed by atoms with Gasteiger partial charge in [0.2, 0.25) is 0 Å². The van der Waals surface area contributed by atoms with Gasteiger partial charge in [-0.3, -0.25) is 0 Å². The van der Waals surface area contributed by atoms with Gasteiger partial charge in [0.05, 0.1) is 41.7 Å². The third-order valence-electron chi connectivity index (χ3n) is 12.4. The highest BCUT2D eigenvalue weighted by Crippen LogP contribution is 2.51. The van der Waals surface area contributed by atoms with Gasteiger partial charge in [0.1, 0.15) is 0 Å². The van der Waals surface area contributed by atoms with Gasteiger partial charge in [-0.2, -0.15) is 0 Å². The number of benzene rings is 6. The molecule has 2 heterocycles. The van der Waals surface area contributed by atoms with Gasteiger partial charge in [0.25, 0.3) is 0 Å². The molecule has 6 heteroatoms. The molecule has 0 N–H and O–H groups in total. The number of anilines is 3. The molecule has 0 spiro atoms. The minimum Gasteiger partial charge on any atom is -0.308 e. The number of nitrogens with zero attached hydrogens (tertiary/aromatic N) is 1. The maximum absolute atomic E-state index is 2.68. The lowest BCUT2D eigenvalue weighted by atomic mass is 10.0. The summed E-state index contributed by atoms with van der Waals surface area (Å²) in [6.45, 7) is 21.4. The summed E-state index contributed by atoms with van der Waals surface area (Å²) in [7, 11) is -8.06. The van der Waals surface area contributed by atoms with Crippen LogP contribution in [0.15, 0.2) is 125 Å². The van der Waals surface area contributed by atoms with Crippen LogP contribution < -0.4 is 25.6 Å². The fourth-order valence-electron chi connectivity index (χ4n) is 8.18. The lowest BCUT2D eigenvalue weighted by Gasteiger charge is -2.45. The zero-order valence-electron chi connectivity index (χ0n) is 28.3. The Morgan fingerprint density at radius 1 is 0.413 bits per heavy atom. The van der Waals surface area contributed by atoms with E-state index in [1.807, 2.05) is 0 Å². The Kier molecular flexibility index (Phi) is 6.68. The third-order valence-corrected chi connectivity index (χ3v) is 49.3. The van der Waals surface area contributed by atoms with E-state index in [0.29, 0.717) is 0 Å². The predicted molar refractivity (Wildman–Crippen MR) is 215 cm³/mol. The summed E-state index contributed by atoms with van der Waals surface area (Å²) in [5.41, 5.74) is 3.94. The summed E-state index contributed by atoms with van der Waals surface area (Å²) in [5, 5.41) is 12.3. The smallest absolute Gasteiger partial charge is 0.0807 e. The average molecular weight is 682 g/mol. The second-order valence-electron chi connectivity index (χ2n) is 15.5. The van der Waals surface area contributed by atoms with Gasteiger partial charge in [0.15, 0.2) is 0 Å². The molecule has 8 rings (SSSR count). The van der Waals surface area contributed by atoms with Crippen LogP contribution in [-0.2, 0) is 0 Å². The van der Waals surface area contributed by atoms with Gasteiger partial charge < -0.3 is 4.90 Å². The maximum Gasteiger partial charge on any atom is 0.0807 e. The largest absolute Gasteiger partial charge is 0.308 e. The third kappa shape index (κ3) is 4.03. The van der Waals surface area contributed by atoms with E-state index in [0.717, 1.165) is 0 Å². The molecule has 1 nitrogen and oxygen atoms in total. The zero-order valence-corrected chi connectivity index (χ0v) is 33.1. The molecule has 0 radical (unpaired) electrons. The molecule has 6 aromatic rings. The van der Waals surface area contributed by atoms with Gasteiger partial charge in [-0.25, -0.2) is 0 Å². The molecule has 0 aliphatic carbocycles. The molecule has 0 aromatic heterocycles. The summed E-state index contributed by atoms with van der Waals surface area (Å²) in [6.07, 6.45) is 0. The first-order valence-electron chi connectivity index (χ1n) is 16.6. The van der Waals surface area contributed by atoms with E-state index in [-0.39, 0.29) is 0 Å². The van der Waals surface area contributed by atoms with Crippen molar-refractivity contribution in [3.8, 4) is 0 Å². The highest BCUT2D eigenvalue weighted by atomic mass is 32.2. The standard InChI is InChI=1S/C40H43NSSi4/c1-43(2)35-22-12-16-28-26-29-17-13-23-36(32(29)27-31(28)35)44(3,4)46(7,8)38-25-15-21-34-40(38)42-39-33(20-14-24-37(39)45(43,5)6)41(34)30-18-10-9-11-19-30/h9-27H,1-8H3. The molecule has 0 saturated heterocycles. The van der Waals surface area contributed by atoms with Crippen LogP contribution in [0.1, 0.15) is 0 Å². The molecular formula is C40H43NSSi4. The van der Waals surface area contributed by atoms with E-state index < -0.39 is 30.4 Å². The van der Waals surface area contributed by atoms with Gasteiger partial charge >= 0.3 is 0 Å². The van der Waals surface area contributed by atoms with Crippen molar-refractivity contribution in [2.24, 2.45) is 0 Å². The number of hydrogen-bond acceptors (Lipinski definition) is 2. The first-order chi connectivity index (χ1) is 21.9. The van der Waals surface area contributed by atoms with E-state index in [4.69, 9.17) is 0 Å². The van der Waals surface area contributed by atoms with Crippen molar-refractivity contribution in [3.63, 3.8) is 0 Å². The van der Waals surface area contributed by atoms with E-state index in [9.17, 15) is 0 Å². The van der Waals surface area contributed by atoms with Crippen molar-refractivity contribution < 1.29 is 0 Å². The van der Waals surface area contributed by atoms with Gasteiger partial charge in [-0.05, 0) is 68.3 Å². The van der Waals surface area contributed by atoms with Crippen LogP contribution in [0.5, 0.6) is 0 Å². The Hall–Kier alpha value is -3.14. The second-order valence-corrected chi connectivity index (χ2v) is 46.7.